The molecule has 1 unspecified atom stereocenters. The molecular weight excluding hydrogens is 459 g/mol. The summed E-state index contributed by atoms with van der Waals surface area (Å²) in [6, 6.07) is 15.4. The van der Waals surface area contributed by atoms with Gasteiger partial charge in [-0.25, -0.2) is 4.98 Å². The predicted octanol–water partition coefficient (Wildman–Crippen LogP) is 5.00. The van der Waals surface area contributed by atoms with E-state index in [-0.39, 0.29) is 11.7 Å². The first-order chi connectivity index (χ1) is 16.0. The highest BCUT2D eigenvalue weighted by atomic mass is 35.5. The molecular formula is C25H26Cl2N4O2. The lowest BCUT2D eigenvalue weighted by atomic mass is 10.1. The molecule has 1 saturated heterocycles. The SMILES string of the molecule is Cc1nc2n(c(=O)c1Cc1ccccc1)CN(CC1CCCO1)CN2c1ccc(Cl)cc1Cl. The fourth-order valence-electron chi connectivity index (χ4n) is 4.61. The number of anilines is 2. The highest BCUT2D eigenvalue weighted by Gasteiger charge is 2.31. The monoisotopic (exact) mass is 484 g/mol. The number of nitrogens with zero attached hydrogens (tertiary/aromatic N) is 4. The Morgan fingerprint density at radius 2 is 1.94 bits per heavy atom. The Balaban J connectivity index is 1.57. The average Bonchev–Trinajstić information content (AvgIpc) is 3.31. The number of rotatable bonds is 5. The van der Waals surface area contributed by atoms with Crippen LogP contribution in [0.3, 0.4) is 0 Å². The second-order valence-electron chi connectivity index (χ2n) is 8.67. The Bertz CT molecular complexity index is 1210. The molecule has 3 aromatic rings. The van der Waals surface area contributed by atoms with Gasteiger partial charge < -0.3 is 4.74 Å². The summed E-state index contributed by atoms with van der Waals surface area (Å²) < 4.78 is 7.63. The number of hydrogen-bond donors (Lipinski definition) is 0. The van der Waals surface area contributed by atoms with Gasteiger partial charge in [0, 0.05) is 30.2 Å². The molecule has 2 aliphatic rings. The number of hydrogen-bond acceptors (Lipinski definition) is 5. The molecule has 6 nitrogen and oxygen atoms in total. The van der Waals surface area contributed by atoms with Crippen molar-refractivity contribution in [1.82, 2.24) is 14.5 Å². The van der Waals surface area contributed by atoms with Gasteiger partial charge in [0.2, 0.25) is 5.95 Å². The van der Waals surface area contributed by atoms with Crippen LogP contribution in [0.2, 0.25) is 10.0 Å². The van der Waals surface area contributed by atoms with Crippen LogP contribution in [-0.2, 0) is 17.8 Å². The minimum absolute atomic E-state index is 0.0199. The van der Waals surface area contributed by atoms with Gasteiger partial charge in [0.05, 0.1) is 35.8 Å². The number of halogens is 2. The van der Waals surface area contributed by atoms with Crippen LogP contribution in [0.4, 0.5) is 11.6 Å². The molecule has 1 aromatic heterocycles. The van der Waals surface area contributed by atoms with Crippen LogP contribution in [0.5, 0.6) is 0 Å². The minimum atomic E-state index is -0.0199. The smallest absolute Gasteiger partial charge is 0.259 e. The van der Waals surface area contributed by atoms with Crippen molar-refractivity contribution in [2.45, 2.75) is 39.0 Å². The second-order valence-corrected chi connectivity index (χ2v) is 9.51. The van der Waals surface area contributed by atoms with E-state index in [0.717, 1.165) is 42.9 Å². The van der Waals surface area contributed by atoms with Crippen molar-refractivity contribution in [2.24, 2.45) is 0 Å². The highest BCUT2D eigenvalue weighted by molar-refractivity contribution is 6.36. The molecule has 1 fully saturated rings. The van der Waals surface area contributed by atoms with Crippen molar-refractivity contribution in [3.05, 3.63) is 85.8 Å². The third kappa shape index (κ3) is 4.66. The van der Waals surface area contributed by atoms with E-state index in [1.165, 1.54) is 0 Å². The van der Waals surface area contributed by atoms with Crippen LogP contribution in [0.1, 0.15) is 29.7 Å². The third-order valence-electron chi connectivity index (χ3n) is 6.28. The van der Waals surface area contributed by atoms with Gasteiger partial charge in [-0.1, -0.05) is 53.5 Å². The van der Waals surface area contributed by atoms with Crippen molar-refractivity contribution < 1.29 is 4.74 Å². The summed E-state index contributed by atoms with van der Waals surface area (Å²) in [5, 5.41) is 1.09. The average molecular weight is 485 g/mol. The van der Waals surface area contributed by atoms with Crippen molar-refractivity contribution >= 4 is 34.8 Å². The number of benzene rings is 2. The van der Waals surface area contributed by atoms with Crippen LogP contribution < -0.4 is 10.5 Å². The maximum absolute atomic E-state index is 13.7. The summed E-state index contributed by atoms with van der Waals surface area (Å²) >= 11 is 12.7. The highest BCUT2D eigenvalue weighted by Crippen LogP contribution is 2.35. The van der Waals surface area contributed by atoms with E-state index in [2.05, 4.69) is 4.90 Å². The molecule has 1 atom stereocenters. The first-order valence-electron chi connectivity index (χ1n) is 11.2. The lowest BCUT2D eigenvalue weighted by Crippen LogP contribution is -2.50. The lowest BCUT2D eigenvalue weighted by molar-refractivity contribution is 0.0584. The van der Waals surface area contributed by atoms with E-state index in [9.17, 15) is 4.79 Å². The molecule has 172 valence electrons. The van der Waals surface area contributed by atoms with Crippen molar-refractivity contribution in [2.75, 3.05) is 24.7 Å². The zero-order valence-corrected chi connectivity index (χ0v) is 20.0. The zero-order valence-electron chi connectivity index (χ0n) is 18.5. The van der Waals surface area contributed by atoms with Crippen LogP contribution >= 0.6 is 23.2 Å². The molecule has 0 bridgehead atoms. The predicted molar refractivity (Wildman–Crippen MR) is 132 cm³/mol. The summed E-state index contributed by atoms with van der Waals surface area (Å²) in [5.74, 6) is 0.599. The number of aryl methyl sites for hydroxylation is 1. The molecule has 33 heavy (non-hydrogen) atoms. The van der Waals surface area contributed by atoms with E-state index in [4.69, 9.17) is 32.9 Å². The molecule has 0 aliphatic carbocycles. The summed E-state index contributed by atoms with van der Waals surface area (Å²) in [4.78, 5) is 22.8. The van der Waals surface area contributed by atoms with Crippen molar-refractivity contribution in [1.29, 1.82) is 0 Å². The zero-order chi connectivity index (χ0) is 22.9. The standard InChI is InChI=1S/C25H26Cl2N4O2/c1-17-21(12-18-6-3-2-4-7-18)24(32)31-16-29(14-20-8-5-11-33-20)15-30(25(31)28-17)23-10-9-19(26)13-22(23)27/h2-4,6-7,9-10,13,20H,5,8,11-12,14-16H2,1H3. The Labute approximate surface area is 203 Å². The van der Waals surface area contributed by atoms with Gasteiger partial charge >= 0.3 is 0 Å². The summed E-state index contributed by atoms with van der Waals surface area (Å²) in [6.45, 7) is 4.47. The molecule has 0 spiro atoms. The molecule has 2 aliphatic heterocycles. The molecule has 0 radical (unpaired) electrons. The molecule has 8 heteroatoms. The summed E-state index contributed by atoms with van der Waals surface area (Å²) in [7, 11) is 0. The first kappa shape index (κ1) is 22.4. The van der Waals surface area contributed by atoms with Gasteiger partial charge in [-0.05, 0) is 43.5 Å². The lowest BCUT2D eigenvalue weighted by Gasteiger charge is -2.39. The molecule has 2 aromatic carbocycles. The van der Waals surface area contributed by atoms with Gasteiger partial charge in [0.15, 0.2) is 0 Å². The number of fused-ring (bicyclic) bond motifs is 1. The molecule has 0 amide bonds. The quantitative estimate of drug-likeness (QED) is 0.510. The Morgan fingerprint density at radius 1 is 1.12 bits per heavy atom. The van der Waals surface area contributed by atoms with E-state index in [1.54, 1.807) is 16.7 Å². The fourth-order valence-corrected chi connectivity index (χ4v) is 5.12. The first-order valence-corrected chi connectivity index (χ1v) is 12.0. The van der Waals surface area contributed by atoms with Crippen molar-refractivity contribution in [3.63, 3.8) is 0 Å². The topological polar surface area (TPSA) is 50.6 Å². The molecule has 5 rings (SSSR count). The maximum atomic E-state index is 13.7. The Morgan fingerprint density at radius 3 is 2.67 bits per heavy atom. The van der Waals surface area contributed by atoms with E-state index < -0.39 is 0 Å². The van der Waals surface area contributed by atoms with Crippen LogP contribution in [0.25, 0.3) is 0 Å². The maximum Gasteiger partial charge on any atom is 0.259 e. The minimum Gasteiger partial charge on any atom is -0.377 e. The fraction of sp³-hybridized carbons (Fsp3) is 0.360. The van der Waals surface area contributed by atoms with Crippen LogP contribution in [0.15, 0.2) is 53.3 Å². The van der Waals surface area contributed by atoms with Gasteiger partial charge in [0.1, 0.15) is 0 Å². The number of ether oxygens (including phenoxy) is 1. The molecule has 0 saturated carbocycles. The molecule has 0 N–H and O–H groups in total. The third-order valence-corrected chi connectivity index (χ3v) is 6.82. The summed E-state index contributed by atoms with van der Waals surface area (Å²) in [6.07, 6.45) is 2.83. The molecule has 3 heterocycles. The van der Waals surface area contributed by atoms with Crippen LogP contribution in [-0.4, -0.2) is 40.4 Å². The van der Waals surface area contributed by atoms with E-state index in [1.807, 2.05) is 48.2 Å². The van der Waals surface area contributed by atoms with Gasteiger partial charge in [0.25, 0.3) is 5.56 Å². The van der Waals surface area contributed by atoms with Gasteiger partial charge in [-0.15, -0.1) is 0 Å². The van der Waals surface area contributed by atoms with Crippen molar-refractivity contribution in [3.8, 4) is 0 Å². The summed E-state index contributed by atoms with van der Waals surface area (Å²) in [5.41, 5.74) is 3.29. The van der Waals surface area contributed by atoms with E-state index in [0.29, 0.717) is 41.3 Å². The van der Waals surface area contributed by atoms with Gasteiger partial charge in [-0.3, -0.25) is 19.2 Å². The normalized spacial score (nSPS) is 18.5. The largest absolute Gasteiger partial charge is 0.377 e. The van der Waals surface area contributed by atoms with Crippen LogP contribution in [0, 0.1) is 6.92 Å². The van der Waals surface area contributed by atoms with E-state index >= 15 is 0 Å². The number of aromatic nitrogens is 2. The van der Waals surface area contributed by atoms with Gasteiger partial charge in [-0.2, -0.15) is 0 Å². The second kappa shape index (κ2) is 9.47. The Kier molecular flexibility index (Phi) is 6.43. The Hall–Kier alpha value is -2.38.